The topological polar surface area (TPSA) is 37.4 Å². The first-order valence-electron chi connectivity index (χ1n) is 6.59. The van der Waals surface area contributed by atoms with Crippen LogP contribution in [0.25, 0.3) is 0 Å². The summed E-state index contributed by atoms with van der Waals surface area (Å²) in [7, 11) is -3.80. The summed E-state index contributed by atoms with van der Waals surface area (Å²) in [5.74, 6) is -0.419. The standard InChI is InChI=1S/C14H12Cl2FNO2S2/c15-13-7-12(14(16)21-13)22(19,20)18(10-5-6-10)8-9-3-1-2-4-11(9)17/h1-4,7,10H,5-6,8H2. The van der Waals surface area contributed by atoms with Gasteiger partial charge in [0.1, 0.15) is 15.0 Å². The van der Waals surface area contributed by atoms with Gasteiger partial charge in [-0.05, 0) is 25.0 Å². The van der Waals surface area contributed by atoms with E-state index in [1.54, 1.807) is 18.2 Å². The summed E-state index contributed by atoms with van der Waals surface area (Å²) in [5, 5.41) is 0. The largest absolute Gasteiger partial charge is 0.246 e. The van der Waals surface area contributed by atoms with Crippen LogP contribution in [0, 0.1) is 5.82 Å². The van der Waals surface area contributed by atoms with Crippen molar-refractivity contribution < 1.29 is 12.8 Å². The number of hydrogen-bond acceptors (Lipinski definition) is 3. The molecule has 3 rings (SSSR count). The molecule has 0 amide bonds. The fourth-order valence-electron chi connectivity index (χ4n) is 2.19. The number of halogens is 3. The third-order valence-electron chi connectivity index (χ3n) is 3.45. The second kappa shape index (κ2) is 6.09. The predicted octanol–water partition coefficient (Wildman–Crippen LogP) is 4.55. The molecular formula is C14H12Cl2FNO2S2. The molecule has 0 radical (unpaired) electrons. The second-order valence-electron chi connectivity index (χ2n) is 5.06. The Morgan fingerprint density at radius 3 is 2.50 bits per heavy atom. The SMILES string of the molecule is O=S(=O)(c1cc(Cl)sc1Cl)N(Cc1ccccc1F)C1CC1. The normalized spacial score (nSPS) is 15.5. The first-order chi connectivity index (χ1) is 10.4. The Balaban J connectivity index is 1.98. The van der Waals surface area contributed by atoms with E-state index in [1.165, 1.54) is 16.4 Å². The second-order valence-corrected chi connectivity index (χ2v) is 9.21. The Morgan fingerprint density at radius 1 is 1.27 bits per heavy atom. The van der Waals surface area contributed by atoms with E-state index in [0.717, 1.165) is 24.2 Å². The number of nitrogens with zero attached hydrogens (tertiary/aromatic N) is 1. The van der Waals surface area contributed by atoms with Gasteiger partial charge < -0.3 is 0 Å². The van der Waals surface area contributed by atoms with Crippen LogP contribution >= 0.6 is 34.5 Å². The van der Waals surface area contributed by atoms with E-state index in [2.05, 4.69) is 0 Å². The predicted molar refractivity (Wildman–Crippen MR) is 86.5 cm³/mol. The highest BCUT2D eigenvalue weighted by atomic mass is 35.5. The molecule has 1 heterocycles. The molecule has 2 aromatic rings. The number of sulfonamides is 1. The van der Waals surface area contributed by atoms with E-state index in [4.69, 9.17) is 23.2 Å². The quantitative estimate of drug-likeness (QED) is 0.763. The van der Waals surface area contributed by atoms with Crippen LogP contribution in [-0.2, 0) is 16.6 Å². The molecule has 1 aliphatic rings. The third-order valence-corrected chi connectivity index (χ3v) is 7.10. The number of thiophene rings is 1. The zero-order valence-electron chi connectivity index (χ0n) is 11.3. The van der Waals surface area contributed by atoms with Gasteiger partial charge in [0, 0.05) is 18.2 Å². The minimum atomic E-state index is -3.80. The molecule has 0 saturated heterocycles. The lowest BCUT2D eigenvalue weighted by Gasteiger charge is -2.21. The van der Waals surface area contributed by atoms with Gasteiger partial charge in [0.25, 0.3) is 0 Å². The van der Waals surface area contributed by atoms with Gasteiger partial charge in [-0.2, -0.15) is 4.31 Å². The van der Waals surface area contributed by atoms with Crippen molar-refractivity contribution in [1.29, 1.82) is 0 Å². The van der Waals surface area contributed by atoms with Crippen molar-refractivity contribution in [3.05, 3.63) is 50.4 Å². The van der Waals surface area contributed by atoms with Crippen LogP contribution in [0.3, 0.4) is 0 Å². The third kappa shape index (κ3) is 3.16. The monoisotopic (exact) mass is 379 g/mol. The molecule has 1 aromatic heterocycles. The zero-order chi connectivity index (χ0) is 15.9. The van der Waals surface area contributed by atoms with Crippen molar-refractivity contribution in [1.82, 2.24) is 4.31 Å². The van der Waals surface area contributed by atoms with Gasteiger partial charge in [-0.25, -0.2) is 12.8 Å². The lowest BCUT2D eigenvalue weighted by Crippen LogP contribution is -2.32. The summed E-state index contributed by atoms with van der Waals surface area (Å²) in [6.07, 6.45) is 1.53. The van der Waals surface area contributed by atoms with Gasteiger partial charge in [-0.3, -0.25) is 0 Å². The van der Waals surface area contributed by atoms with E-state index in [0.29, 0.717) is 9.90 Å². The van der Waals surface area contributed by atoms with Crippen LogP contribution in [0.1, 0.15) is 18.4 Å². The van der Waals surface area contributed by atoms with Crippen LogP contribution in [-0.4, -0.2) is 18.8 Å². The molecule has 1 fully saturated rings. The van der Waals surface area contributed by atoms with Crippen molar-refractivity contribution in [2.75, 3.05) is 0 Å². The van der Waals surface area contributed by atoms with Gasteiger partial charge >= 0.3 is 0 Å². The number of rotatable bonds is 5. The van der Waals surface area contributed by atoms with Crippen LogP contribution in [0.5, 0.6) is 0 Å². The van der Waals surface area contributed by atoms with Crippen molar-refractivity contribution in [2.45, 2.75) is 30.3 Å². The fraction of sp³-hybridized carbons (Fsp3) is 0.286. The maximum atomic E-state index is 13.8. The van der Waals surface area contributed by atoms with Crippen LogP contribution < -0.4 is 0 Å². The molecule has 1 aromatic carbocycles. The zero-order valence-corrected chi connectivity index (χ0v) is 14.4. The Bertz CT molecular complexity index is 803. The molecule has 0 atom stereocenters. The maximum absolute atomic E-state index is 13.8. The highest BCUT2D eigenvalue weighted by Crippen LogP contribution is 2.40. The van der Waals surface area contributed by atoms with Gasteiger partial charge in [-0.1, -0.05) is 41.4 Å². The summed E-state index contributed by atoms with van der Waals surface area (Å²) in [6.45, 7) is -0.0104. The van der Waals surface area contributed by atoms with Gasteiger partial charge in [-0.15, -0.1) is 11.3 Å². The molecule has 0 N–H and O–H groups in total. The summed E-state index contributed by atoms with van der Waals surface area (Å²) >= 11 is 12.8. The Kier molecular flexibility index (Phi) is 4.49. The van der Waals surface area contributed by atoms with E-state index in [9.17, 15) is 12.8 Å². The molecule has 0 unspecified atom stereocenters. The van der Waals surface area contributed by atoms with E-state index in [-0.39, 0.29) is 21.8 Å². The average Bonchev–Trinajstić information content (AvgIpc) is 3.22. The molecule has 0 bridgehead atoms. The van der Waals surface area contributed by atoms with E-state index < -0.39 is 15.8 Å². The Morgan fingerprint density at radius 2 is 1.95 bits per heavy atom. The van der Waals surface area contributed by atoms with Crippen LogP contribution in [0.15, 0.2) is 35.2 Å². The lowest BCUT2D eigenvalue weighted by atomic mass is 10.2. The molecule has 1 aliphatic carbocycles. The van der Waals surface area contributed by atoms with Gasteiger partial charge in [0.2, 0.25) is 10.0 Å². The molecule has 3 nitrogen and oxygen atoms in total. The van der Waals surface area contributed by atoms with E-state index in [1.807, 2.05) is 0 Å². The molecule has 22 heavy (non-hydrogen) atoms. The maximum Gasteiger partial charge on any atom is 0.246 e. The molecule has 118 valence electrons. The van der Waals surface area contributed by atoms with Gasteiger partial charge in [0.05, 0.1) is 4.34 Å². The summed E-state index contributed by atoms with van der Waals surface area (Å²) in [4.78, 5) is -0.00703. The summed E-state index contributed by atoms with van der Waals surface area (Å²) in [5.41, 5.74) is 0.343. The van der Waals surface area contributed by atoms with Crippen molar-refractivity contribution >= 4 is 44.6 Å². The number of benzene rings is 1. The first-order valence-corrected chi connectivity index (χ1v) is 9.61. The van der Waals surface area contributed by atoms with Gasteiger partial charge in [0.15, 0.2) is 0 Å². The summed E-state index contributed by atoms with van der Waals surface area (Å²) < 4.78 is 41.3. The minimum Gasteiger partial charge on any atom is -0.207 e. The van der Waals surface area contributed by atoms with Crippen molar-refractivity contribution in [3.63, 3.8) is 0 Å². The number of hydrogen-bond donors (Lipinski definition) is 0. The van der Waals surface area contributed by atoms with Crippen LogP contribution in [0.4, 0.5) is 4.39 Å². The highest BCUT2D eigenvalue weighted by molar-refractivity contribution is 7.89. The molecule has 0 spiro atoms. The van der Waals surface area contributed by atoms with Crippen molar-refractivity contribution in [2.24, 2.45) is 0 Å². The summed E-state index contributed by atoms with van der Waals surface area (Å²) in [6, 6.07) is 7.40. The van der Waals surface area contributed by atoms with Crippen LogP contribution in [0.2, 0.25) is 8.67 Å². The molecule has 1 saturated carbocycles. The Labute approximate surface area is 142 Å². The minimum absolute atomic E-state index is 0.00703. The highest BCUT2D eigenvalue weighted by Gasteiger charge is 2.39. The van der Waals surface area contributed by atoms with Crippen molar-refractivity contribution in [3.8, 4) is 0 Å². The first kappa shape index (κ1) is 16.2. The fourth-order valence-corrected chi connectivity index (χ4v) is 5.97. The average molecular weight is 380 g/mol. The molecule has 0 aliphatic heterocycles. The molecule has 8 heteroatoms. The molecular weight excluding hydrogens is 368 g/mol. The smallest absolute Gasteiger partial charge is 0.207 e. The van der Waals surface area contributed by atoms with E-state index >= 15 is 0 Å². The Hall–Kier alpha value is -0.660. The lowest BCUT2D eigenvalue weighted by molar-refractivity contribution is 0.392.